The van der Waals surface area contributed by atoms with Crippen molar-refractivity contribution in [3.8, 4) is 0 Å². The molecule has 2 amide bonds. The Balaban J connectivity index is 1.14. The van der Waals surface area contributed by atoms with Crippen molar-refractivity contribution in [2.75, 3.05) is 18.4 Å². The molecule has 7 nitrogen and oxygen atoms in total. The van der Waals surface area contributed by atoms with Gasteiger partial charge in [0, 0.05) is 36.6 Å². The van der Waals surface area contributed by atoms with Gasteiger partial charge in [0.1, 0.15) is 5.82 Å². The Kier molecular flexibility index (Phi) is 5.89. The van der Waals surface area contributed by atoms with E-state index < -0.39 is 0 Å². The van der Waals surface area contributed by atoms with Gasteiger partial charge >= 0.3 is 0 Å². The highest BCUT2D eigenvalue weighted by Crippen LogP contribution is 2.42. The van der Waals surface area contributed by atoms with Gasteiger partial charge in [-0.3, -0.25) is 14.4 Å². The molecule has 1 aromatic heterocycles. The zero-order chi connectivity index (χ0) is 22.9. The lowest BCUT2D eigenvalue weighted by atomic mass is 9.80. The standard InChI is InChI=1S/C25H25ClN4O3/c26-16-8-9-17-20(14-16)28-25(33)23(17)15-10-12-30(13-11-15)22(31)7-3-6-21-27-19-5-2-1-4-18(19)24(32)29-21/h1-2,4-5,8-9,14-15,23H,3,6-7,10-13H2,(H,28,33)(H,27,29,32)/t23-/m1/s1. The van der Waals surface area contributed by atoms with Gasteiger partial charge in [0.15, 0.2) is 0 Å². The number of carbonyl (C=O) groups excluding carboxylic acids is 2. The minimum Gasteiger partial charge on any atom is -0.343 e. The SMILES string of the molecule is O=C1Nc2cc(Cl)ccc2[C@H]1C1CCN(C(=O)CCCc2nc3ccccc3c(=O)[nH]2)CC1. The molecule has 0 saturated carbocycles. The highest BCUT2D eigenvalue weighted by Gasteiger charge is 2.38. The zero-order valence-electron chi connectivity index (χ0n) is 18.1. The predicted octanol–water partition coefficient (Wildman–Crippen LogP) is 3.87. The van der Waals surface area contributed by atoms with Crippen molar-refractivity contribution in [1.29, 1.82) is 0 Å². The van der Waals surface area contributed by atoms with Crippen LogP contribution in [-0.4, -0.2) is 39.8 Å². The van der Waals surface area contributed by atoms with E-state index in [1.807, 2.05) is 35.2 Å². The number of nitrogens with zero attached hydrogens (tertiary/aromatic N) is 2. The maximum absolute atomic E-state index is 12.7. The summed E-state index contributed by atoms with van der Waals surface area (Å²) in [7, 11) is 0. The molecule has 2 aromatic carbocycles. The van der Waals surface area contributed by atoms with Crippen LogP contribution < -0.4 is 10.9 Å². The Morgan fingerprint density at radius 3 is 2.73 bits per heavy atom. The lowest BCUT2D eigenvalue weighted by Gasteiger charge is -2.34. The smallest absolute Gasteiger partial charge is 0.258 e. The second-order valence-corrected chi connectivity index (χ2v) is 9.24. The molecule has 1 atom stereocenters. The van der Waals surface area contributed by atoms with Crippen LogP contribution in [0.4, 0.5) is 5.69 Å². The summed E-state index contributed by atoms with van der Waals surface area (Å²) < 4.78 is 0. The lowest BCUT2D eigenvalue weighted by Crippen LogP contribution is -2.40. The normalized spacial score (nSPS) is 18.4. The number of benzene rings is 2. The summed E-state index contributed by atoms with van der Waals surface area (Å²) in [5.74, 6) is 0.776. The van der Waals surface area contributed by atoms with E-state index in [1.165, 1.54) is 0 Å². The molecule has 33 heavy (non-hydrogen) atoms. The van der Waals surface area contributed by atoms with Gasteiger partial charge in [-0.1, -0.05) is 29.8 Å². The van der Waals surface area contributed by atoms with Crippen LogP contribution in [0.15, 0.2) is 47.3 Å². The molecule has 1 saturated heterocycles. The summed E-state index contributed by atoms with van der Waals surface area (Å²) >= 11 is 6.06. The summed E-state index contributed by atoms with van der Waals surface area (Å²) in [4.78, 5) is 46.7. The van der Waals surface area contributed by atoms with E-state index >= 15 is 0 Å². The van der Waals surface area contributed by atoms with Gasteiger partial charge in [-0.25, -0.2) is 4.98 Å². The monoisotopic (exact) mass is 464 g/mol. The molecule has 8 heteroatoms. The average Bonchev–Trinajstić information content (AvgIpc) is 3.14. The Morgan fingerprint density at radius 1 is 1.12 bits per heavy atom. The molecule has 2 aliphatic rings. The van der Waals surface area contributed by atoms with E-state index in [1.54, 1.807) is 12.1 Å². The van der Waals surface area contributed by atoms with Crippen molar-refractivity contribution >= 4 is 40.0 Å². The molecule has 1 fully saturated rings. The van der Waals surface area contributed by atoms with Gasteiger partial charge in [-0.05, 0) is 55.0 Å². The number of aromatic amines is 1. The Bertz CT molecular complexity index is 1280. The fraction of sp³-hybridized carbons (Fsp3) is 0.360. The second-order valence-electron chi connectivity index (χ2n) is 8.80. The van der Waals surface area contributed by atoms with E-state index in [2.05, 4.69) is 15.3 Å². The van der Waals surface area contributed by atoms with Crippen molar-refractivity contribution in [3.63, 3.8) is 0 Å². The molecular formula is C25H25ClN4O3. The number of aryl methyl sites for hydroxylation is 1. The van der Waals surface area contributed by atoms with Crippen molar-refractivity contribution in [2.45, 2.75) is 38.0 Å². The lowest BCUT2D eigenvalue weighted by molar-refractivity contribution is -0.132. The number of H-pyrrole nitrogens is 1. The van der Waals surface area contributed by atoms with Crippen LogP contribution in [0.25, 0.3) is 10.9 Å². The van der Waals surface area contributed by atoms with Crippen LogP contribution in [0, 0.1) is 5.92 Å². The van der Waals surface area contributed by atoms with Crippen LogP contribution in [0.5, 0.6) is 0 Å². The molecule has 3 aromatic rings. The summed E-state index contributed by atoms with van der Waals surface area (Å²) in [6.07, 6.45) is 3.17. The van der Waals surface area contributed by atoms with Gasteiger partial charge in [-0.2, -0.15) is 0 Å². The number of amides is 2. The third-order valence-corrected chi connectivity index (χ3v) is 6.96. The van der Waals surface area contributed by atoms with E-state index in [-0.39, 0.29) is 29.2 Å². The number of aromatic nitrogens is 2. The summed E-state index contributed by atoms with van der Waals surface area (Å²) in [5.41, 5.74) is 2.33. The van der Waals surface area contributed by atoms with E-state index in [0.717, 1.165) is 24.1 Å². The predicted molar refractivity (Wildman–Crippen MR) is 127 cm³/mol. The Labute approximate surface area is 196 Å². The number of carbonyl (C=O) groups is 2. The molecule has 0 bridgehead atoms. The number of likely N-dealkylation sites (tertiary alicyclic amines) is 1. The highest BCUT2D eigenvalue weighted by molar-refractivity contribution is 6.31. The number of anilines is 1. The molecule has 0 spiro atoms. The quantitative estimate of drug-likeness (QED) is 0.599. The first kappa shape index (κ1) is 21.6. The number of hydrogen-bond donors (Lipinski definition) is 2. The number of piperidine rings is 1. The molecule has 2 aliphatic heterocycles. The van der Waals surface area contributed by atoms with Crippen molar-refractivity contribution in [3.05, 3.63) is 69.2 Å². The van der Waals surface area contributed by atoms with Crippen molar-refractivity contribution in [2.24, 2.45) is 5.92 Å². The van der Waals surface area contributed by atoms with Crippen molar-refractivity contribution < 1.29 is 9.59 Å². The van der Waals surface area contributed by atoms with Crippen LogP contribution in [-0.2, 0) is 16.0 Å². The van der Waals surface area contributed by atoms with Gasteiger partial charge in [-0.15, -0.1) is 0 Å². The van der Waals surface area contributed by atoms with Gasteiger partial charge in [0.25, 0.3) is 5.56 Å². The Hall–Kier alpha value is -3.19. The van der Waals surface area contributed by atoms with E-state index in [9.17, 15) is 14.4 Å². The number of nitrogens with one attached hydrogen (secondary N) is 2. The van der Waals surface area contributed by atoms with E-state index in [4.69, 9.17) is 11.6 Å². The van der Waals surface area contributed by atoms with Crippen LogP contribution in [0.2, 0.25) is 5.02 Å². The third kappa shape index (κ3) is 4.37. The summed E-state index contributed by atoms with van der Waals surface area (Å²) in [5, 5.41) is 4.12. The van der Waals surface area contributed by atoms with Crippen LogP contribution in [0.1, 0.15) is 43.0 Å². The molecule has 170 valence electrons. The number of rotatable bonds is 5. The summed E-state index contributed by atoms with van der Waals surface area (Å²) in [6, 6.07) is 12.8. The maximum Gasteiger partial charge on any atom is 0.258 e. The molecule has 0 radical (unpaired) electrons. The minimum atomic E-state index is -0.176. The zero-order valence-corrected chi connectivity index (χ0v) is 18.9. The first-order valence-corrected chi connectivity index (χ1v) is 11.7. The number of fused-ring (bicyclic) bond motifs is 2. The maximum atomic E-state index is 12.7. The largest absolute Gasteiger partial charge is 0.343 e. The first-order chi connectivity index (χ1) is 16.0. The molecule has 0 unspecified atom stereocenters. The second kappa shape index (κ2) is 8.98. The van der Waals surface area contributed by atoms with Crippen LogP contribution in [0.3, 0.4) is 0 Å². The van der Waals surface area contributed by atoms with Gasteiger partial charge in [0.05, 0.1) is 16.8 Å². The molecular weight excluding hydrogens is 440 g/mol. The first-order valence-electron chi connectivity index (χ1n) is 11.4. The molecule has 0 aliphatic carbocycles. The summed E-state index contributed by atoms with van der Waals surface area (Å²) in [6.45, 7) is 1.31. The topological polar surface area (TPSA) is 95.2 Å². The van der Waals surface area contributed by atoms with E-state index in [0.29, 0.717) is 54.1 Å². The van der Waals surface area contributed by atoms with Crippen LogP contribution >= 0.6 is 11.6 Å². The third-order valence-electron chi connectivity index (χ3n) is 6.72. The molecule has 5 rings (SSSR count). The van der Waals surface area contributed by atoms with Gasteiger partial charge in [0.2, 0.25) is 11.8 Å². The number of hydrogen-bond acceptors (Lipinski definition) is 4. The van der Waals surface area contributed by atoms with Crippen molar-refractivity contribution in [1.82, 2.24) is 14.9 Å². The highest BCUT2D eigenvalue weighted by atomic mass is 35.5. The Morgan fingerprint density at radius 2 is 1.91 bits per heavy atom. The number of halogens is 1. The molecule has 2 N–H and O–H groups in total. The fourth-order valence-electron chi connectivity index (χ4n) is 5.03. The fourth-order valence-corrected chi connectivity index (χ4v) is 5.20. The number of para-hydroxylation sites is 1. The minimum absolute atomic E-state index is 0.0221. The average molecular weight is 465 g/mol. The molecule has 3 heterocycles. The van der Waals surface area contributed by atoms with Gasteiger partial charge < -0.3 is 15.2 Å².